The molecule has 1 N–H and O–H groups in total. The minimum absolute atomic E-state index is 0.141. The molecular formula is C23H30N4O5S. The van der Waals surface area contributed by atoms with Crippen molar-refractivity contribution in [1.29, 1.82) is 0 Å². The number of hydrogen-bond acceptors (Lipinski definition) is 6. The summed E-state index contributed by atoms with van der Waals surface area (Å²) in [6, 6.07) is 9.66. The number of rotatable bonds is 6. The van der Waals surface area contributed by atoms with Gasteiger partial charge in [0.1, 0.15) is 0 Å². The Morgan fingerprint density at radius 3 is 2.27 bits per heavy atom. The Hall–Kier alpha value is -2.69. The Kier molecular flexibility index (Phi) is 7.16. The van der Waals surface area contributed by atoms with Crippen molar-refractivity contribution in [2.24, 2.45) is 5.92 Å². The summed E-state index contributed by atoms with van der Waals surface area (Å²) >= 11 is 0. The highest BCUT2D eigenvalue weighted by Gasteiger charge is 2.28. The Labute approximate surface area is 194 Å². The third kappa shape index (κ3) is 5.63. The summed E-state index contributed by atoms with van der Waals surface area (Å²) in [5, 5.41) is 2.83. The number of piperidine rings is 1. The van der Waals surface area contributed by atoms with Crippen molar-refractivity contribution in [2.45, 2.75) is 24.7 Å². The Bertz CT molecular complexity index is 1050. The van der Waals surface area contributed by atoms with E-state index in [4.69, 9.17) is 4.42 Å². The fraction of sp³-hybridized carbons (Fsp3) is 0.478. The van der Waals surface area contributed by atoms with Gasteiger partial charge in [0.05, 0.1) is 17.7 Å². The summed E-state index contributed by atoms with van der Waals surface area (Å²) in [5.74, 6) is 0.551. The maximum absolute atomic E-state index is 12.8. The first-order valence-electron chi connectivity index (χ1n) is 11.3. The van der Waals surface area contributed by atoms with Crippen LogP contribution in [0.4, 0.5) is 5.69 Å². The van der Waals surface area contributed by atoms with Crippen LogP contribution < -0.4 is 5.32 Å². The van der Waals surface area contributed by atoms with Crippen LogP contribution in [0.2, 0.25) is 0 Å². The molecule has 0 aliphatic carbocycles. The zero-order valence-electron chi connectivity index (χ0n) is 18.8. The van der Waals surface area contributed by atoms with Gasteiger partial charge in [0, 0.05) is 45.0 Å². The zero-order chi connectivity index (χ0) is 23.4. The highest BCUT2D eigenvalue weighted by atomic mass is 32.2. The van der Waals surface area contributed by atoms with Crippen LogP contribution in [0.5, 0.6) is 0 Å². The van der Waals surface area contributed by atoms with Crippen molar-refractivity contribution >= 4 is 27.5 Å². The minimum atomic E-state index is -3.51. The van der Waals surface area contributed by atoms with E-state index in [9.17, 15) is 18.0 Å². The van der Waals surface area contributed by atoms with Crippen molar-refractivity contribution < 1.29 is 22.4 Å². The standard InChI is InChI=1S/C23H30N4O5S/c1-18-8-10-27(11-9-18)33(30,31)20-6-4-19(5-7-20)24-22(28)17-25-12-14-26(15-13-25)23(29)21-3-2-16-32-21/h2-7,16,18H,8-15,17H2,1H3,(H,24,28). The van der Waals surface area contributed by atoms with E-state index in [1.165, 1.54) is 10.6 Å². The van der Waals surface area contributed by atoms with E-state index in [2.05, 4.69) is 12.2 Å². The van der Waals surface area contributed by atoms with Crippen molar-refractivity contribution in [1.82, 2.24) is 14.1 Å². The number of furan rings is 1. The van der Waals surface area contributed by atoms with E-state index in [1.807, 2.05) is 4.90 Å². The number of carbonyl (C=O) groups is 2. The SMILES string of the molecule is CC1CCN(S(=O)(=O)c2ccc(NC(=O)CN3CCN(C(=O)c4ccco4)CC3)cc2)CC1. The van der Waals surface area contributed by atoms with Crippen LogP contribution in [-0.2, 0) is 14.8 Å². The molecule has 0 bridgehead atoms. The smallest absolute Gasteiger partial charge is 0.289 e. The van der Waals surface area contributed by atoms with Gasteiger partial charge in [-0.1, -0.05) is 6.92 Å². The zero-order valence-corrected chi connectivity index (χ0v) is 19.6. The van der Waals surface area contributed by atoms with Crippen molar-refractivity contribution in [3.8, 4) is 0 Å². The summed E-state index contributed by atoms with van der Waals surface area (Å²) in [5.41, 5.74) is 0.554. The summed E-state index contributed by atoms with van der Waals surface area (Å²) in [6.07, 6.45) is 3.22. The number of anilines is 1. The summed E-state index contributed by atoms with van der Waals surface area (Å²) in [4.78, 5) is 28.7. The molecule has 2 aliphatic rings. The summed E-state index contributed by atoms with van der Waals surface area (Å²) in [7, 11) is -3.51. The Morgan fingerprint density at radius 2 is 1.67 bits per heavy atom. The molecule has 2 aliphatic heterocycles. The molecule has 10 heteroatoms. The molecule has 0 unspecified atom stereocenters. The number of benzene rings is 1. The molecule has 3 heterocycles. The molecule has 178 valence electrons. The summed E-state index contributed by atoms with van der Waals surface area (Å²) in [6.45, 7) is 5.65. The van der Waals surface area contributed by atoms with E-state index in [1.54, 1.807) is 41.3 Å². The molecule has 9 nitrogen and oxygen atoms in total. The maximum Gasteiger partial charge on any atom is 0.289 e. The van der Waals surface area contributed by atoms with Gasteiger partial charge in [-0.25, -0.2) is 8.42 Å². The highest BCUT2D eigenvalue weighted by molar-refractivity contribution is 7.89. The fourth-order valence-electron chi connectivity index (χ4n) is 4.15. The first-order chi connectivity index (χ1) is 15.8. The number of carbonyl (C=O) groups excluding carboxylic acids is 2. The van der Waals surface area contributed by atoms with Gasteiger partial charge in [0.15, 0.2) is 5.76 Å². The number of piperazine rings is 1. The lowest BCUT2D eigenvalue weighted by molar-refractivity contribution is -0.117. The van der Waals surface area contributed by atoms with Crippen molar-refractivity contribution in [3.63, 3.8) is 0 Å². The normalized spacial score (nSPS) is 18.9. The lowest BCUT2D eigenvalue weighted by Crippen LogP contribution is -2.50. The molecule has 4 rings (SSSR count). The quantitative estimate of drug-likeness (QED) is 0.688. The van der Waals surface area contributed by atoms with Crippen LogP contribution in [0.1, 0.15) is 30.3 Å². The Balaban J connectivity index is 1.26. The number of nitrogens with one attached hydrogen (secondary N) is 1. The molecule has 0 spiro atoms. The average molecular weight is 475 g/mol. The van der Waals surface area contributed by atoms with Crippen LogP contribution >= 0.6 is 0 Å². The van der Waals surface area contributed by atoms with Gasteiger partial charge in [-0.2, -0.15) is 4.31 Å². The Morgan fingerprint density at radius 1 is 1.00 bits per heavy atom. The highest BCUT2D eigenvalue weighted by Crippen LogP contribution is 2.24. The molecule has 2 fully saturated rings. The molecule has 1 aromatic heterocycles. The van der Waals surface area contributed by atoms with Crippen LogP contribution in [0.15, 0.2) is 52.0 Å². The first kappa shape index (κ1) is 23.5. The van der Waals surface area contributed by atoms with Gasteiger partial charge in [0.25, 0.3) is 5.91 Å². The van der Waals surface area contributed by atoms with E-state index in [0.717, 1.165) is 12.8 Å². The molecule has 2 aromatic rings. The number of hydrogen-bond donors (Lipinski definition) is 1. The van der Waals surface area contributed by atoms with Crippen LogP contribution in [0, 0.1) is 5.92 Å². The molecule has 0 radical (unpaired) electrons. The van der Waals surface area contributed by atoms with E-state index < -0.39 is 10.0 Å². The van der Waals surface area contributed by atoms with E-state index in [0.29, 0.717) is 56.6 Å². The molecule has 0 atom stereocenters. The lowest BCUT2D eigenvalue weighted by Gasteiger charge is -2.33. The van der Waals surface area contributed by atoms with Crippen LogP contribution in [0.3, 0.4) is 0 Å². The van der Waals surface area contributed by atoms with Crippen LogP contribution in [0.25, 0.3) is 0 Å². The van der Waals surface area contributed by atoms with Gasteiger partial charge in [-0.15, -0.1) is 0 Å². The largest absolute Gasteiger partial charge is 0.459 e. The van der Waals surface area contributed by atoms with Gasteiger partial charge in [-0.3, -0.25) is 14.5 Å². The van der Waals surface area contributed by atoms with Gasteiger partial charge < -0.3 is 14.6 Å². The summed E-state index contributed by atoms with van der Waals surface area (Å²) < 4.78 is 32.4. The lowest BCUT2D eigenvalue weighted by atomic mass is 10.0. The number of sulfonamides is 1. The van der Waals surface area contributed by atoms with Gasteiger partial charge in [-0.05, 0) is 55.2 Å². The third-order valence-corrected chi connectivity index (χ3v) is 8.19. The van der Waals surface area contributed by atoms with E-state index >= 15 is 0 Å². The predicted octanol–water partition coefficient (Wildman–Crippen LogP) is 2.10. The molecule has 33 heavy (non-hydrogen) atoms. The second-order valence-electron chi connectivity index (χ2n) is 8.70. The van der Waals surface area contributed by atoms with Gasteiger partial charge >= 0.3 is 0 Å². The average Bonchev–Trinajstić information content (AvgIpc) is 3.35. The number of amides is 2. The van der Waals surface area contributed by atoms with Gasteiger partial charge in [0.2, 0.25) is 15.9 Å². The second-order valence-corrected chi connectivity index (χ2v) is 10.6. The maximum atomic E-state index is 12.8. The van der Waals surface area contributed by atoms with E-state index in [-0.39, 0.29) is 23.3 Å². The monoisotopic (exact) mass is 474 g/mol. The molecular weight excluding hydrogens is 444 g/mol. The molecule has 2 saturated heterocycles. The van der Waals surface area contributed by atoms with Crippen LogP contribution in [-0.4, -0.2) is 80.2 Å². The first-order valence-corrected chi connectivity index (χ1v) is 12.7. The fourth-order valence-corrected chi connectivity index (χ4v) is 5.62. The second kappa shape index (κ2) is 10.1. The number of nitrogens with zero attached hydrogens (tertiary/aromatic N) is 3. The third-order valence-electron chi connectivity index (χ3n) is 6.28. The van der Waals surface area contributed by atoms with Crippen molar-refractivity contribution in [2.75, 3.05) is 51.1 Å². The van der Waals surface area contributed by atoms with Crippen molar-refractivity contribution in [3.05, 3.63) is 48.4 Å². The molecule has 2 amide bonds. The molecule has 1 aromatic carbocycles. The predicted molar refractivity (Wildman–Crippen MR) is 123 cm³/mol. The topological polar surface area (TPSA) is 103 Å². The minimum Gasteiger partial charge on any atom is -0.459 e. The molecule has 0 saturated carbocycles.